The van der Waals surface area contributed by atoms with Crippen molar-refractivity contribution >= 4 is 28.5 Å². The molecular weight excluding hydrogens is 356 g/mol. The fraction of sp³-hybridized carbons (Fsp3) is 0.0588. The highest BCUT2D eigenvalue weighted by Crippen LogP contribution is 2.33. The van der Waals surface area contributed by atoms with Gasteiger partial charge in [0.25, 0.3) is 11.8 Å². The molecule has 0 fully saturated rings. The molecule has 134 valence electrons. The van der Waals surface area contributed by atoms with Crippen molar-refractivity contribution in [2.24, 2.45) is 5.73 Å². The van der Waals surface area contributed by atoms with Gasteiger partial charge in [0.15, 0.2) is 0 Å². The molecule has 1 aromatic heterocycles. The Morgan fingerprint density at radius 3 is 2.46 bits per heavy atom. The van der Waals surface area contributed by atoms with Crippen LogP contribution in [0.15, 0.2) is 46.9 Å². The Morgan fingerprint density at radius 2 is 1.81 bits per heavy atom. The number of nitrogens with one attached hydrogen (secondary N) is 1. The van der Waals surface area contributed by atoms with E-state index in [0.29, 0.717) is 6.07 Å². The van der Waals surface area contributed by atoms with Crippen molar-refractivity contribution in [2.45, 2.75) is 6.18 Å². The zero-order chi connectivity index (χ0) is 19.1. The van der Waals surface area contributed by atoms with E-state index in [1.165, 1.54) is 6.07 Å². The third kappa shape index (κ3) is 3.23. The van der Waals surface area contributed by atoms with Crippen LogP contribution in [0.5, 0.6) is 0 Å². The summed E-state index contributed by atoms with van der Waals surface area (Å²) in [5.41, 5.74) is 3.74. The first-order valence-electron chi connectivity index (χ1n) is 7.17. The van der Waals surface area contributed by atoms with Crippen LogP contribution in [-0.2, 0) is 6.18 Å². The fourth-order valence-corrected chi connectivity index (χ4v) is 2.39. The minimum atomic E-state index is -4.62. The monoisotopic (exact) mass is 366 g/mol. The maximum absolute atomic E-state index is 13.5. The Hall–Kier alpha value is -3.36. The van der Waals surface area contributed by atoms with Crippen molar-refractivity contribution in [1.82, 2.24) is 0 Å². The molecular formula is C17H10F4N2O3. The lowest BCUT2D eigenvalue weighted by atomic mass is 10.1. The first-order valence-corrected chi connectivity index (χ1v) is 7.17. The topological polar surface area (TPSA) is 85.3 Å². The van der Waals surface area contributed by atoms with Gasteiger partial charge in [-0.2, -0.15) is 13.2 Å². The van der Waals surface area contributed by atoms with Crippen molar-refractivity contribution < 1.29 is 31.6 Å². The molecule has 0 spiro atoms. The molecule has 26 heavy (non-hydrogen) atoms. The van der Waals surface area contributed by atoms with Crippen molar-refractivity contribution in [1.29, 1.82) is 0 Å². The second-order valence-electron chi connectivity index (χ2n) is 5.34. The second-order valence-corrected chi connectivity index (χ2v) is 5.34. The minimum absolute atomic E-state index is 0.0547. The van der Waals surface area contributed by atoms with E-state index in [1.54, 1.807) is 0 Å². The molecule has 0 saturated heterocycles. The van der Waals surface area contributed by atoms with Crippen LogP contribution in [0, 0.1) is 5.82 Å². The van der Waals surface area contributed by atoms with E-state index in [-0.39, 0.29) is 22.2 Å². The molecule has 1 heterocycles. The Kier molecular flexibility index (Phi) is 4.15. The highest BCUT2D eigenvalue weighted by atomic mass is 19.4. The van der Waals surface area contributed by atoms with Crippen molar-refractivity contribution in [3.8, 4) is 0 Å². The van der Waals surface area contributed by atoms with E-state index in [0.717, 1.165) is 30.3 Å². The predicted molar refractivity (Wildman–Crippen MR) is 84.1 cm³/mol. The Morgan fingerprint density at radius 1 is 1.08 bits per heavy atom. The number of alkyl halides is 3. The van der Waals surface area contributed by atoms with Crippen LogP contribution in [0.3, 0.4) is 0 Å². The predicted octanol–water partition coefficient (Wildman–Crippen LogP) is 3.94. The van der Waals surface area contributed by atoms with Crippen LogP contribution >= 0.6 is 0 Å². The first kappa shape index (κ1) is 17.5. The molecule has 2 amide bonds. The minimum Gasteiger partial charge on any atom is -0.449 e. The normalized spacial score (nSPS) is 11.5. The number of furan rings is 1. The maximum Gasteiger partial charge on any atom is 0.416 e. The van der Waals surface area contributed by atoms with Crippen LogP contribution < -0.4 is 11.1 Å². The molecule has 0 aliphatic carbocycles. The third-order valence-corrected chi connectivity index (χ3v) is 3.56. The summed E-state index contributed by atoms with van der Waals surface area (Å²) in [5, 5.41) is 2.32. The summed E-state index contributed by atoms with van der Waals surface area (Å²) in [5.74, 6) is -3.07. The van der Waals surface area contributed by atoms with Crippen molar-refractivity contribution in [2.75, 3.05) is 5.32 Å². The largest absolute Gasteiger partial charge is 0.449 e. The number of nitrogens with two attached hydrogens (primary N) is 1. The van der Waals surface area contributed by atoms with Gasteiger partial charge in [-0.05, 0) is 36.4 Å². The number of carbonyl (C=O) groups excluding carboxylic acids is 2. The molecule has 0 aliphatic heterocycles. The molecule has 3 N–H and O–H groups in total. The Balaban J connectivity index is 2.03. The maximum atomic E-state index is 13.5. The van der Waals surface area contributed by atoms with Gasteiger partial charge in [-0.25, -0.2) is 4.39 Å². The number of hydrogen-bond donors (Lipinski definition) is 2. The number of halogens is 4. The molecule has 0 bridgehead atoms. The van der Waals surface area contributed by atoms with Gasteiger partial charge in [0.05, 0.1) is 5.56 Å². The van der Waals surface area contributed by atoms with Gasteiger partial charge in [0.2, 0.25) is 5.76 Å². The van der Waals surface area contributed by atoms with E-state index in [2.05, 4.69) is 5.32 Å². The number of fused-ring (bicyclic) bond motifs is 1. The number of amides is 2. The SMILES string of the molecule is NC(=O)c1oc2ccc(F)cc2c1NC(=O)c1cccc(C(F)(F)F)c1. The molecule has 9 heteroatoms. The van der Waals surface area contributed by atoms with Gasteiger partial charge in [-0.3, -0.25) is 9.59 Å². The molecule has 3 aromatic rings. The zero-order valence-corrected chi connectivity index (χ0v) is 12.9. The van der Waals surface area contributed by atoms with E-state index in [9.17, 15) is 27.2 Å². The summed E-state index contributed by atoms with van der Waals surface area (Å²) in [6.07, 6.45) is -4.62. The molecule has 0 atom stereocenters. The summed E-state index contributed by atoms with van der Waals surface area (Å²) in [4.78, 5) is 23.8. The van der Waals surface area contributed by atoms with Crippen LogP contribution in [0.1, 0.15) is 26.5 Å². The average molecular weight is 366 g/mol. The second kappa shape index (κ2) is 6.17. The van der Waals surface area contributed by atoms with E-state index >= 15 is 0 Å². The molecule has 2 aromatic carbocycles. The van der Waals surface area contributed by atoms with Crippen LogP contribution in [0.2, 0.25) is 0 Å². The standard InChI is InChI=1S/C17H10F4N2O3/c18-10-4-5-12-11(7-10)13(14(26-12)15(22)24)23-16(25)8-2-1-3-9(6-8)17(19,20)21/h1-7H,(H2,22,24)(H,23,25). The van der Waals surface area contributed by atoms with Gasteiger partial charge < -0.3 is 15.5 Å². The zero-order valence-electron chi connectivity index (χ0n) is 12.9. The highest BCUT2D eigenvalue weighted by Gasteiger charge is 2.31. The van der Waals surface area contributed by atoms with Gasteiger partial charge in [-0.1, -0.05) is 6.07 Å². The highest BCUT2D eigenvalue weighted by molar-refractivity contribution is 6.14. The molecule has 0 saturated carbocycles. The Labute approximate surface area is 143 Å². The molecule has 3 rings (SSSR count). The van der Waals surface area contributed by atoms with E-state index < -0.39 is 35.1 Å². The van der Waals surface area contributed by atoms with Gasteiger partial charge >= 0.3 is 6.18 Å². The summed E-state index contributed by atoms with van der Waals surface area (Å²) < 4.78 is 57.0. The van der Waals surface area contributed by atoms with Crippen molar-refractivity contribution in [3.05, 3.63) is 65.2 Å². The number of benzene rings is 2. The molecule has 0 radical (unpaired) electrons. The summed E-state index contributed by atoms with van der Waals surface area (Å²) in [6, 6.07) is 7.02. The fourth-order valence-electron chi connectivity index (χ4n) is 2.39. The van der Waals surface area contributed by atoms with Crippen LogP contribution in [0.4, 0.5) is 23.2 Å². The molecule has 0 unspecified atom stereocenters. The average Bonchev–Trinajstić information content (AvgIpc) is 2.92. The number of primary amides is 1. The number of rotatable bonds is 3. The lowest BCUT2D eigenvalue weighted by molar-refractivity contribution is -0.137. The van der Waals surface area contributed by atoms with E-state index in [4.69, 9.17) is 10.2 Å². The smallest absolute Gasteiger partial charge is 0.416 e. The lowest BCUT2D eigenvalue weighted by Gasteiger charge is -2.09. The number of anilines is 1. The quantitative estimate of drug-likeness (QED) is 0.689. The molecule has 5 nitrogen and oxygen atoms in total. The molecule has 0 aliphatic rings. The van der Waals surface area contributed by atoms with Gasteiger partial charge in [0, 0.05) is 10.9 Å². The van der Waals surface area contributed by atoms with E-state index in [1.807, 2.05) is 0 Å². The van der Waals surface area contributed by atoms with Crippen LogP contribution in [-0.4, -0.2) is 11.8 Å². The first-order chi connectivity index (χ1) is 12.2. The summed E-state index contributed by atoms with van der Waals surface area (Å²) >= 11 is 0. The summed E-state index contributed by atoms with van der Waals surface area (Å²) in [7, 11) is 0. The van der Waals surface area contributed by atoms with Gasteiger partial charge in [0.1, 0.15) is 17.1 Å². The van der Waals surface area contributed by atoms with Crippen LogP contribution in [0.25, 0.3) is 11.0 Å². The Bertz CT molecular complexity index is 1020. The lowest BCUT2D eigenvalue weighted by Crippen LogP contribution is -2.17. The van der Waals surface area contributed by atoms with Crippen molar-refractivity contribution in [3.63, 3.8) is 0 Å². The number of carbonyl (C=O) groups is 2. The third-order valence-electron chi connectivity index (χ3n) is 3.56. The summed E-state index contributed by atoms with van der Waals surface area (Å²) in [6.45, 7) is 0. The van der Waals surface area contributed by atoms with Gasteiger partial charge in [-0.15, -0.1) is 0 Å². The number of hydrogen-bond acceptors (Lipinski definition) is 3.